The van der Waals surface area contributed by atoms with Gasteiger partial charge in [-0.25, -0.2) is 0 Å². The molecule has 124 valence electrons. The van der Waals surface area contributed by atoms with E-state index in [0.717, 1.165) is 12.0 Å². The van der Waals surface area contributed by atoms with Gasteiger partial charge in [0.2, 0.25) is 5.91 Å². The van der Waals surface area contributed by atoms with Crippen LogP contribution in [-0.2, 0) is 4.79 Å². The zero-order valence-electron chi connectivity index (χ0n) is 13.3. The molecular weight excluding hydrogens is 308 g/mol. The molecule has 0 heterocycles. The lowest BCUT2D eigenvalue weighted by Crippen LogP contribution is -2.15. The lowest BCUT2D eigenvalue weighted by molar-refractivity contribution is -0.384. The number of ether oxygens (including phenoxy) is 1. The van der Waals surface area contributed by atoms with Crippen molar-refractivity contribution in [1.82, 2.24) is 0 Å². The van der Waals surface area contributed by atoms with Crippen molar-refractivity contribution in [1.29, 1.82) is 0 Å². The Balaban J connectivity index is 1.72. The summed E-state index contributed by atoms with van der Waals surface area (Å²) in [5, 5.41) is 13.9. The maximum Gasteiger partial charge on any atom is 0.296 e. The van der Waals surface area contributed by atoms with Gasteiger partial charge in [0, 0.05) is 5.92 Å². The Labute approximate surface area is 139 Å². The number of anilines is 1. The van der Waals surface area contributed by atoms with Gasteiger partial charge in [-0.05, 0) is 37.0 Å². The van der Waals surface area contributed by atoms with E-state index in [1.807, 2.05) is 30.3 Å². The predicted octanol–water partition coefficient (Wildman–Crippen LogP) is 3.74. The molecule has 1 aliphatic rings. The molecule has 0 radical (unpaired) electrons. The largest absolute Gasteiger partial charge is 0.494 e. The number of hydrogen-bond donors (Lipinski definition) is 1. The average molecular weight is 326 g/mol. The summed E-state index contributed by atoms with van der Waals surface area (Å²) in [6, 6.07) is 14.3. The van der Waals surface area contributed by atoms with Crippen molar-refractivity contribution in [3.63, 3.8) is 0 Å². The van der Waals surface area contributed by atoms with E-state index in [-0.39, 0.29) is 29.1 Å². The topological polar surface area (TPSA) is 81.5 Å². The Morgan fingerprint density at radius 1 is 1.29 bits per heavy atom. The first-order valence-electron chi connectivity index (χ1n) is 7.87. The van der Waals surface area contributed by atoms with Crippen LogP contribution in [0.5, 0.6) is 5.75 Å². The fraction of sp³-hybridized carbons (Fsp3) is 0.278. The van der Waals surface area contributed by atoms with E-state index in [1.165, 1.54) is 12.1 Å². The van der Waals surface area contributed by atoms with E-state index in [0.29, 0.717) is 12.4 Å². The van der Waals surface area contributed by atoms with Crippen LogP contribution in [0.2, 0.25) is 0 Å². The van der Waals surface area contributed by atoms with E-state index in [4.69, 9.17) is 4.74 Å². The molecule has 0 aliphatic heterocycles. The minimum Gasteiger partial charge on any atom is -0.494 e. The summed E-state index contributed by atoms with van der Waals surface area (Å²) in [7, 11) is 0. The molecule has 0 aromatic heterocycles. The average Bonchev–Trinajstić information content (AvgIpc) is 3.38. The molecular formula is C18H18N2O4. The van der Waals surface area contributed by atoms with Crippen molar-refractivity contribution in [3.8, 4) is 5.75 Å². The number of nitrogens with zero attached hydrogens (tertiary/aromatic N) is 1. The zero-order chi connectivity index (χ0) is 17.1. The maximum atomic E-state index is 12.4. The molecule has 6 nitrogen and oxygen atoms in total. The third-order valence-corrected chi connectivity index (χ3v) is 4.09. The summed E-state index contributed by atoms with van der Waals surface area (Å²) in [6.07, 6.45) is 0.765. The number of benzene rings is 2. The van der Waals surface area contributed by atoms with E-state index in [9.17, 15) is 14.9 Å². The highest BCUT2D eigenvalue weighted by Crippen LogP contribution is 2.48. The molecule has 2 aromatic rings. The van der Waals surface area contributed by atoms with Crippen LogP contribution in [0, 0.1) is 16.0 Å². The van der Waals surface area contributed by atoms with Gasteiger partial charge in [-0.2, -0.15) is 0 Å². The van der Waals surface area contributed by atoms with Crippen molar-refractivity contribution in [2.75, 3.05) is 11.9 Å². The third-order valence-electron chi connectivity index (χ3n) is 4.09. The fourth-order valence-electron chi connectivity index (χ4n) is 2.80. The van der Waals surface area contributed by atoms with Gasteiger partial charge in [0.1, 0.15) is 11.4 Å². The number of carbonyl (C=O) groups excluding carboxylic acids is 1. The molecule has 0 saturated heterocycles. The van der Waals surface area contributed by atoms with Crippen LogP contribution in [0.1, 0.15) is 24.8 Å². The van der Waals surface area contributed by atoms with Gasteiger partial charge in [-0.3, -0.25) is 14.9 Å². The van der Waals surface area contributed by atoms with Crippen LogP contribution in [0.3, 0.4) is 0 Å². The van der Waals surface area contributed by atoms with E-state index in [1.54, 1.807) is 13.0 Å². The second-order valence-electron chi connectivity index (χ2n) is 5.72. The van der Waals surface area contributed by atoms with Crippen molar-refractivity contribution in [2.45, 2.75) is 19.3 Å². The van der Waals surface area contributed by atoms with Crippen LogP contribution in [0.15, 0.2) is 48.5 Å². The van der Waals surface area contributed by atoms with Crippen LogP contribution >= 0.6 is 0 Å². The van der Waals surface area contributed by atoms with E-state index >= 15 is 0 Å². The summed E-state index contributed by atoms with van der Waals surface area (Å²) in [5.41, 5.74) is 1.16. The second kappa shape index (κ2) is 6.70. The smallest absolute Gasteiger partial charge is 0.296 e. The second-order valence-corrected chi connectivity index (χ2v) is 5.72. The molecule has 2 atom stereocenters. The van der Waals surface area contributed by atoms with Crippen LogP contribution < -0.4 is 10.1 Å². The van der Waals surface area contributed by atoms with Gasteiger partial charge in [0.15, 0.2) is 0 Å². The number of nitro groups is 1. The number of amides is 1. The van der Waals surface area contributed by atoms with E-state index in [2.05, 4.69) is 5.32 Å². The quantitative estimate of drug-likeness (QED) is 0.647. The maximum absolute atomic E-state index is 12.4. The molecule has 2 aromatic carbocycles. The minimum atomic E-state index is -0.514. The summed E-state index contributed by atoms with van der Waals surface area (Å²) < 4.78 is 5.27. The minimum absolute atomic E-state index is 0.140. The zero-order valence-corrected chi connectivity index (χ0v) is 13.3. The predicted molar refractivity (Wildman–Crippen MR) is 90.2 cm³/mol. The van der Waals surface area contributed by atoms with Gasteiger partial charge < -0.3 is 10.1 Å². The molecule has 1 aliphatic carbocycles. The first kappa shape index (κ1) is 16.0. The van der Waals surface area contributed by atoms with Gasteiger partial charge in [0.25, 0.3) is 5.69 Å². The van der Waals surface area contributed by atoms with Gasteiger partial charge in [0.05, 0.1) is 17.6 Å². The molecule has 1 amide bonds. The molecule has 3 rings (SSSR count). The fourth-order valence-corrected chi connectivity index (χ4v) is 2.80. The number of hydrogen-bond acceptors (Lipinski definition) is 4. The molecule has 0 spiro atoms. The SMILES string of the molecule is CCOc1ccc(NC(=O)[C@H]2C[C@H]2c2ccccc2)c([N+](=O)[O-])c1. The van der Waals surface area contributed by atoms with Crippen LogP contribution in [0.25, 0.3) is 0 Å². The van der Waals surface area contributed by atoms with Crippen LogP contribution in [-0.4, -0.2) is 17.4 Å². The van der Waals surface area contributed by atoms with Crippen molar-refractivity contribution in [2.24, 2.45) is 5.92 Å². The number of carbonyl (C=O) groups is 1. The summed E-state index contributed by atoms with van der Waals surface area (Å²) >= 11 is 0. The lowest BCUT2D eigenvalue weighted by Gasteiger charge is -2.08. The molecule has 0 bridgehead atoms. The van der Waals surface area contributed by atoms with Gasteiger partial charge in [-0.1, -0.05) is 30.3 Å². The first-order valence-corrected chi connectivity index (χ1v) is 7.87. The van der Waals surface area contributed by atoms with Crippen LogP contribution in [0.4, 0.5) is 11.4 Å². The number of nitro benzene ring substituents is 1. The Morgan fingerprint density at radius 2 is 2.04 bits per heavy atom. The number of rotatable bonds is 6. The highest BCUT2D eigenvalue weighted by atomic mass is 16.6. The molecule has 1 saturated carbocycles. The van der Waals surface area contributed by atoms with Gasteiger partial charge >= 0.3 is 0 Å². The Bertz CT molecular complexity index is 761. The van der Waals surface area contributed by atoms with Crippen molar-refractivity contribution in [3.05, 3.63) is 64.2 Å². The highest BCUT2D eigenvalue weighted by molar-refractivity contribution is 5.97. The molecule has 24 heavy (non-hydrogen) atoms. The third kappa shape index (κ3) is 3.37. The van der Waals surface area contributed by atoms with E-state index < -0.39 is 4.92 Å². The summed E-state index contributed by atoms with van der Waals surface area (Å²) in [4.78, 5) is 23.1. The van der Waals surface area contributed by atoms with Gasteiger partial charge in [-0.15, -0.1) is 0 Å². The standard InChI is InChI=1S/C18H18N2O4/c1-2-24-13-8-9-16(17(10-13)20(22)23)19-18(21)15-11-14(15)12-6-4-3-5-7-12/h3-10,14-15H,2,11H2,1H3,(H,19,21)/t14-,15-/m0/s1. The summed E-state index contributed by atoms with van der Waals surface area (Å²) in [5.74, 6) is 0.276. The molecule has 1 N–H and O–H groups in total. The molecule has 1 fully saturated rings. The molecule has 0 unspecified atom stereocenters. The summed E-state index contributed by atoms with van der Waals surface area (Å²) in [6.45, 7) is 2.22. The van der Waals surface area contributed by atoms with Crippen molar-refractivity contribution < 1.29 is 14.5 Å². The Hall–Kier alpha value is -2.89. The normalized spacial score (nSPS) is 18.7. The Kier molecular flexibility index (Phi) is 4.46. The molecule has 6 heteroatoms. The van der Waals surface area contributed by atoms with Crippen molar-refractivity contribution >= 4 is 17.3 Å². The highest BCUT2D eigenvalue weighted by Gasteiger charge is 2.44. The number of nitrogens with one attached hydrogen (secondary N) is 1. The first-order chi connectivity index (χ1) is 11.6. The Morgan fingerprint density at radius 3 is 2.71 bits per heavy atom. The monoisotopic (exact) mass is 326 g/mol. The lowest BCUT2D eigenvalue weighted by atomic mass is 10.1.